The summed E-state index contributed by atoms with van der Waals surface area (Å²) in [6.07, 6.45) is 17.2. The van der Waals surface area contributed by atoms with Gasteiger partial charge in [0.1, 0.15) is 5.69 Å². The number of H-pyrrole nitrogens is 1. The van der Waals surface area contributed by atoms with Crippen LogP contribution >= 0.6 is 0 Å². The third-order valence-corrected chi connectivity index (χ3v) is 4.28. The van der Waals surface area contributed by atoms with Crippen molar-refractivity contribution in [3.05, 3.63) is 23.5 Å². The van der Waals surface area contributed by atoms with Gasteiger partial charge in [0.25, 0.3) is 0 Å². The average molecular weight is 307 g/mol. The molecule has 1 rings (SSSR count). The van der Waals surface area contributed by atoms with E-state index in [0.717, 1.165) is 18.5 Å². The van der Waals surface area contributed by atoms with Crippen molar-refractivity contribution >= 4 is 5.97 Å². The van der Waals surface area contributed by atoms with E-state index >= 15 is 0 Å². The second-order valence-corrected chi connectivity index (χ2v) is 6.34. The van der Waals surface area contributed by atoms with Gasteiger partial charge in [-0.3, -0.25) is 0 Å². The third kappa shape index (κ3) is 8.91. The first-order valence-electron chi connectivity index (χ1n) is 9.15. The number of aromatic carboxylic acids is 1. The van der Waals surface area contributed by atoms with E-state index in [1.165, 1.54) is 70.6 Å². The van der Waals surface area contributed by atoms with Crippen LogP contribution in [-0.4, -0.2) is 16.1 Å². The number of aromatic amines is 1. The second kappa shape index (κ2) is 12.3. The number of rotatable bonds is 14. The van der Waals surface area contributed by atoms with Crippen molar-refractivity contribution in [2.45, 2.75) is 90.4 Å². The Morgan fingerprint density at radius 1 is 0.864 bits per heavy atom. The summed E-state index contributed by atoms with van der Waals surface area (Å²) in [6, 6.07) is 3.54. The van der Waals surface area contributed by atoms with E-state index < -0.39 is 5.97 Å². The number of carboxylic acid groups (broad SMARTS) is 1. The Morgan fingerprint density at radius 2 is 1.36 bits per heavy atom. The number of hydrogen-bond acceptors (Lipinski definition) is 1. The van der Waals surface area contributed by atoms with Crippen LogP contribution in [0, 0.1) is 0 Å². The molecule has 1 heterocycles. The number of carbonyl (C=O) groups is 1. The van der Waals surface area contributed by atoms with Crippen LogP contribution in [0.15, 0.2) is 12.1 Å². The lowest BCUT2D eigenvalue weighted by Crippen LogP contribution is -1.96. The minimum absolute atomic E-state index is 0.300. The van der Waals surface area contributed by atoms with E-state index in [-0.39, 0.29) is 0 Å². The highest BCUT2D eigenvalue weighted by atomic mass is 16.4. The molecule has 0 aromatic carbocycles. The lowest BCUT2D eigenvalue weighted by atomic mass is 10.0. The molecule has 0 amide bonds. The van der Waals surface area contributed by atoms with Gasteiger partial charge in [-0.1, -0.05) is 77.6 Å². The topological polar surface area (TPSA) is 53.1 Å². The number of carboxylic acids is 1. The van der Waals surface area contributed by atoms with Crippen molar-refractivity contribution in [3.8, 4) is 0 Å². The first-order valence-corrected chi connectivity index (χ1v) is 9.15. The van der Waals surface area contributed by atoms with Gasteiger partial charge in [0, 0.05) is 5.69 Å². The molecule has 0 atom stereocenters. The molecular weight excluding hydrogens is 274 g/mol. The molecule has 2 N–H and O–H groups in total. The van der Waals surface area contributed by atoms with E-state index in [2.05, 4.69) is 11.9 Å². The highest BCUT2D eigenvalue weighted by Gasteiger charge is 2.04. The number of aromatic nitrogens is 1. The maximum absolute atomic E-state index is 10.8. The van der Waals surface area contributed by atoms with E-state index in [1.807, 2.05) is 6.07 Å². The number of aryl methyl sites for hydroxylation is 1. The Kier molecular flexibility index (Phi) is 10.5. The van der Waals surface area contributed by atoms with Crippen LogP contribution in [0.5, 0.6) is 0 Å². The lowest BCUT2D eigenvalue weighted by molar-refractivity contribution is 0.0691. The van der Waals surface area contributed by atoms with Crippen LogP contribution < -0.4 is 0 Å². The van der Waals surface area contributed by atoms with Gasteiger partial charge in [0.05, 0.1) is 0 Å². The van der Waals surface area contributed by atoms with Gasteiger partial charge in [-0.15, -0.1) is 0 Å². The first kappa shape index (κ1) is 18.8. The molecule has 1 aromatic rings. The predicted octanol–water partition coefficient (Wildman–Crippen LogP) is 5.96. The molecular formula is C19H33NO2. The fraction of sp³-hybridized carbons (Fsp3) is 0.737. The quantitative estimate of drug-likeness (QED) is 0.417. The van der Waals surface area contributed by atoms with E-state index in [4.69, 9.17) is 5.11 Å². The van der Waals surface area contributed by atoms with Gasteiger partial charge in [-0.2, -0.15) is 0 Å². The maximum Gasteiger partial charge on any atom is 0.352 e. The van der Waals surface area contributed by atoms with Crippen molar-refractivity contribution in [2.75, 3.05) is 0 Å². The van der Waals surface area contributed by atoms with Crippen LogP contribution in [0.4, 0.5) is 0 Å². The Labute approximate surface area is 135 Å². The Balaban J connectivity index is 1.86. The summed E-state index contributed by atoms with van der Waals surface area (Å²) in [4.78, 5) is 13.7. The molecule has 0 aliphatic carbocycles. The molecule has 0 bridgehead atoms. The largest absolute Gasteiger partial charge is 0.477 e. The monoisotopic (exact) mass is 307 g/mol. The SMILES string of the molecule is CCCCCCCCCCCCCCc1ccc(C(=O)O)[nH]1. The molecule has 22 heavy (non-hydrogen) atoms. The van der Waals surface area contributed by atoms with E-state index in [0.29, 0.717) is 5.69 Å². The van der Waals surface area contributed by atoms with Crippen LogP contribution in [0.2, 0.25) is 0 Å². The Morgan fingerprint density at radius 3 is 1.82 bits per heavy atom. The lowest BCUT2D eigenvalue weighted by Gasteiger charge is -2.02. The van der Waals surface area contributed by atoms with Gasteiger partial charge in [0.15, 0.2) is 0 Å². The fourth-order valence-electron chi connectivity index (χ4n) is 2.87. The molecule has 0 saturated heterocycles. The van der Waals surface area contributed by atoms with Crippen LogP contribution in [0.1, 0.15) is 100 Å². The fourth-order valence-corrected chi connectivity index (χ4v) is 2.87. The van der Waals surface area contributed by atoms with Crippen LogP contribution in [-0.2, 0) is 6.42 Å². The van der Waals surface area contributed by atoms with Crippen molar-refractivity contribution in [1.29, 1.82) is 0 Å². The minimum Gasteiger partial charge on any atom is -0.477 e. The second-order valence-electron chi connectivity index (χ2n) is 6.34. The van der Waals surface area contributed by atoms with Gasteiger partial charge in [-0.25, -0.2) is 4.79 Å². The highest BCUT2D eigenvalue weighted by molar-refractivity contribution is 5.85. The van der Waals surface area contributed by atoms with Crippen molar-refractivity contribution in [3.63, 3.8) is 0 Å². The molecule has 126 valence electrons. The summed E-state index contributed by atoms with van der Waals surface area (Å²) < 4.78 is 0. The van der Waals surface area contributed by atoms with Gasteiger partial charge in [0.2, 0.25) is 0 Å². The van der Waals surface area contributed by atoms with Crippen LogP contribution in [0.25, 0.3) is 0 Å². The van der Waals surface area contributed by atoms with E-state index in [9.17, 15) is 4.79 Å². The summed E-state index contributed by atoms with van der Waals surface area (Å²) in [7, 11) is 0. The smallest absolute Gasteiger partial charge is 0.352 e. The number of unbranched alkanes of at least 4 members (excludes halogenated alkanes) is 11. The summed E-state index contributed by atoms with van der Waals surface area (Å²) >= 11 is 0. The minimum atomic E-state index is -0.874. The first-order chi connectivity index (χ1) is 10.7. The summed E-state index contributed by atoms with van der Waals surface area (Å²) in [6.45, 7) is 2.26. The molecule has 1 aromatic heterocycles. The predicted molar refractivity (Wildman–Crippen MR) is 92.5 cm³/mol. The summed E-state index contributed by atoms with van der Waals surface area (Å²) in [5.74, 6) is -0.874. The summed E-state index contributed by atoms with van der Waals surface area (Å²) in [5, 5.41) is 8.84. The zero-order valence-electron chi connectivity index (χ0n) is 14.2. The highest BCUT2D eigenvalue weighted by Crippen LogP contribution is 2.13. The summed E-state index contributed by atoms with van der Waals surface area (Å²) in [5.41, 5.74) is 1.35. The van der Waals surface area contributed by atoms with Crippen molar-refractivity contribution < 1.29 is 9.90 Å². The maximum atomic E-state index is 10.8. The molecule has 0 aliphatic rings. The van der Waals surface area contributed by atoms with E-state index in [1.54, 1.807) is 6.07 Å². The molecule has 0 fully saturated rings. The molecule has 3 heteroatoms. The standard InChI is InChI=1S/C19H33NO2/c1-2-3-4-5-6-7-8-9-10-11-12-13-14-17-15-16-18(20-17)19(21)22/h15-16,20H,2-14H2,1H3,(H,21,22). The zero-order valence-corrected chi connectivity index (χ0v) is 14.2. The molecule has 0 unspecified atom stereocenters. The third-order valence-electron chi connectivity index (χ3n) is 4.28. The molecule has 0 aliphatic heterocycles. The molecule has 3 nitrogen and oxygen atoms in total. The normalized spacial score (nSPS) is 11.0. The van der Waals surface area contributed by atoms with Crippen LogP contribution in [0.3, 0.4) is 0 Å². The molecule has 0 saturated carbocycles. The zero-order chi connectivity index (χ0) is 16.0. The van der Waals surface area contributed by atoms with Gasteiger partial charge in [-0.05, 0) is 25.0 Å². The van der Waals surface area contributed by atoms with Gasteiger partial charge < -0.3 is 10.1 Å². The Bertz CT molecular complexity index is 398. The molecule has 0 radical (unpaired) electrons. The van der Waals surface area contributed by atoms with Crippen molar-refractivity contribution in [2.24, 2.45) is 0 Å². The van der Waals surface area contributed by atoms with Crippen molar-refractivity contribution in [1.82, 2.24) is 4.98 Å². The number of hydrogen-bond donors (Lipinski definition) is 2. The Hall–Kier alpha value is -1.25. The van der Waals surface area contributed by atoms with Gasteiger partial charge >= 0.3 is 5.97 Å². The average Bonchev–Trinajstić information content (AvgIpc) is 2.97. The number of nitrogens with one attached hydrogen (secondary N) is 1. The molecule has 0 spiro atoms.